The van der Waals surface area contributed by atoms with Crippen LogP contribution in [-0.4, -0.2) is 25.2 Å². The molecule has 2 amide bonds. The molecule has 1 saturated carbocycles. The van der Waals surface area contributed by atoms with Crippen LogP contribution in [0.15, 0.2) is 48.5 Å². The summed E-state index contributed by atoms with van der Waals surface area (Å²) in [5.74, 6) is 1.00. The number of benzene rings is 2. The van der Waals surface area contributed by atoms with Crippen molar-refractivity contribution in [2.24, 2.45) is 5.41 Å². The summed E-state index contributed by atoms with van der Waals surface area (Å²) < 4.78 is 10.6. The van der Waals surface area contributed by atoms with E-state index in [-0.39, 0.29) is 18.6 Å². The third kappa shape index (κ3) is 3.74. The minimum absolute atomic E-state index is 0.179. The molecule has 4 rings (SSSR count). The zero-order valence-corrected chi connectivity index (χ0v) is 15.0. The highest BCUT2D eigenvalue weighted by Crippen LogP contribution is 2.46. The Bertz CT molecular complexity index is 847. The molecule has 2 aromatic carbocycles. The quantitative estimate of drug-likeness (QED) is 0.737. The fraction of sp³-hybridized carbons (Fsp3) is 0.333. The normalized spacial score (nSPS) is 15.9. The molecule has 1 fully saturated rings. The summed E-state index contributed by atoms with van der Waals surface area (Å²) in [6.45, 7) is 1.10. The van der Waals surface area contributed by atoms with Gasteiger partial charge >= 0.3 is 0 Å². The van der Waals surface area contributed by atoms with Crippen LogP contribution in [0.25, 0.3) is 0 Å². The number of hydrogen-bond donors (Lipinski definition) is 2. The summed E-state index contributed by atoms with van der Waals surface area (Å²) in [6.07, 6.45) is 1.94. The summed E-state index contributed by atoms with van der Waals surface area (Å²) in [5, 5.41) is 5.80. The Hall–Kier alpha value is -3.02. The van der Waals surface area contributed by atoms with E-state index in [1.807, 2.05) is 48.5 Å². The van der Waals surface area contributed by atoms with Crippen molar-refractivity contribution in [1.29, 1.82) is 0 Å². The van der Waals surface area contributed by atoms with Gasteiger partial charge in [-0.15, -0.1) is 0 Å². The number of rotatable bonds is 7. The predicted molar refractivity (Wildman–Crippen MR) is 99.2 cm³/mol. The van der Waals surface area contributed by atoms with Crippen LogP contribution >= 0.6 is 0 Å². The SMILES string of the molecule is O=C(NCCc1ccccc1)C1(C(=O)NCc2ccc3c(c2)OCO3)CC1. The number of hydrogen-bond acceptors (Lipinski definition) is 4. The minimum Gasteiger partial charge on any atom is -0.454 e. The molecule has 0 saturated heterocycles. The Morgan fingerprint density at radius 2 is 1.63 bits per heavy atom. The lowest BCUT2D eigenvalue weighted by Gasteiger charge is -2.15. The lowest BCUT2D eigenvalue weighted by atomic mass is 10.0. The van der Waals surface area contributed by atoms with Crippen LogP contribution in [-0.2, 0) is 22.6 Å². The molecule has 0 spiro atoms. The zero-order chi connectivity index (χ0) is 18.7. The Labute approximate surface area is 157 Å². The van der Waals surface area contributed by atoms with Gasteiger partial charge in [-0.25, -0.2) is 0 Å². The standard InChI is InChI=1S/C21H22N2O4/c24-19(22-11-8-15-4-2-1-3-5-15)21(9-10-21)20(25)23-13-16-6-7-17-18(12-16)27-14-26-17/h1-7,12H,8-11,13-14H2,(H,22,24)(H,23,25). The van der Waals surface area contributed by atoms with E-state index in [9.17, 15) is 9.59 Å². The van der Waals surface area contributed by atoms with Crippen molar-refractivity contribution >= 4 is 11.8 Å². The number of ether oxygens (including phenoxy) is 2. The second kappa shape index (κ2) is 7.31. The Morgan fingerprint density at radius 1 is 0.889 bits per heavy atom. The van der Waals surface area contributed by atoms with Crippen LogP contribution in [0.5, 0.6) is 11.5 Å². The Balaban J connectivity index is 1.28. The van der Waals surface area contributed by atoms with E-state index < -0.39 is 5.41 Å². The van der Waals surface area contributed by atoms with Gasteiger partial charge in [-0.3, -0.25) is 9.59 Å². The van der Waals surface area contributed by atoms with Crippen molar-refractivity contribution in [3.05, 3.63) is 59.7 Å². The van der Waals surface area contributed by atoms with Gasteiger partial charge < -0.3 is 20.1 Å². The number of amides is 2. The fourth-order valence-electron chi connectivity index (χ4n) is 3.22. The molecule has 0 unspecified atom stereocenters. The van der Waals surface area contributed by atoms with Crippen LogP contribution in [0.1, 0.15) is 24.0 Å². The topological polar surface area (TPSA) is 76.7 Å². The molecule has 6 heteroatoms. The summed E-state index contributed by atoms with van der Waals surface area (Å²) in [4.78, 5) is 25.1. The molecule has 6 nitrogen and oxygen atoms in total. The first-order chi connectivity index (χ1) is 13.2. The van der Waals surface area contributed by atoms with Crippen LogP contribution in [0, 0.1) is 5.41 Å². The minimum atomic E-state index is -0.910. The first-order valence-electron chi connectivity index (χ1n) is 9.16. The molecule has 2 aromatic rings. The zero-order valence-electron chi connectivity index (χ0n) is 15.0. The van der Waals surface area contributed by atoms with E-state index in [1.54, 1.807) is 0 Å². The number of carbonyl (C=O) groups excluding carboxylic acids is 2. The van der Waals surface area contributed by atoms with E-state index in [1.165, 1.54) is 0 Å². The summed E-state index contributed by atoms with van der Waals surface area (Å²) >= 11 is 0. The molecule has 0 aromatic heterocycles. The van der Waals surface area contributed by atoms with Crippen LogP contribution in [0.2, 0.25) is 0 Å². The Kier molecular flexibility index (Phi) is 4.71. The average Bonchev–Trinajstić information content (AvgIpc) is 3.38. The highest BCUT2D eigenvalue weighted by atomic mass is 16.7. The first kappa shape index (κ1) is 17.4. The van der Waals surface area contributed by atoms with Crippen molar-refractivity contribution in [3.8, 4) is 11.5 Å². The highest BCUT2D eigenvalue weighted by molar-refractivity contribution is 6.07. The van der Waals surface area contributed by atoms with Crippen LogP contribution in [0.4, 0.5) is 0 Å². The van der Waals surface area contributed by atoms with Gasteiger partial charge in [0.25, 0.3) is 0 Å². The number of nitrogens with one attached hydrogen (secondary N) is 2. The number of carbonyl (C=O) groups is 2. The maximum Gasteiger partial charge on any atom is 0.235 e. The van der Waals surface area contributed by atoms with Gasteiger partial charge in [0.05, 0.1) is 0 Å². The largest absolute Gasteiger partial charge is 0.454 e. The molecule has 1 heterocycles. The molecule has 1 aliphatic heterocycles. The van der Waals surface area contributed by atoms with Crippen molar-refractivity contribution in [1.82, 2.24) is 10.6 Å². The van der Waals surface area contributed by atoms with Crippen LogP contribution in [0.3, 0.4) is 0 Å². The van der Waals surface area contributed by atoms with Gasteiger partial charge in [-0.05, 0) is 42.5 Å². The van der Waals surface area contributed by atoms with Crippen LogP contribution < -0.4 is 20.1 Å². The Morgan fingerprint density at radius 3 is 2.41 bits per heavy atom. The van der Waals surface area contributed by atoms with Gasteiger partial charge in [-0.1, -0.05) is 36.4 Å². The number of fused-ring (bicyclic) bond motifs is 1. The molecule has 1 aliphatic carbocycles. The van der Waals surface area contributed by atoms with Gasteiger partial charge in [0.1, 0.15) is 5.41 Å². The lowest BCUT2D eigenvalue weighted by molar-refractivity contribution is -0.137. The summed E-state index contributed by atoms with van der Waals surface area (Å²) in [5.41, 5.74) is 1.16. The molecular formula is C21H22N2O4. The predicted octanol–water partition coefficient (Wildman–Crippen LogP) is 2.17. The molecule has 27 heavy (non-hydrogen) atoms. The molecule has 2 N–H and O–H groups in total. The summed E-state index contributed by atoms with van der Waals surface area (Å²) in [7, 11) is 0. The van der Waals surface area contributed by atoms with Crippen molar-refractivity contribution in [2.75, 3.05) is 13.3 Å². The van der Waals surface area contributed by atoms with Gasteiger partial charge in [0.15, 0.2) is 11.5 Å². The van der Waals surface area contributed by atoms with E-state index in [4.69, 9.17) is 9.47 Å². The van der Waals surface area contributed by atoms with E-state index in [0.29, 0.717) is 37.4 Å². The van der Waals surface area contributed by atoms with E-state index in [0.717, 1.165) is 17.5 Å². The smallest absolute Gasteiger partial charge is 0.235 e. The molecular weight excluding hydrogens is 344 g/mol. The maximum absolute atomic E-state index is 12.6. The molecule has 0 radical (unpaired) electrons. The van der Waals surface area contributed by atoms with Crippen molar-refractivity contribution in [2.45, 2.75) is 25.8 Å². The lowest BCUT2D eigenvalue weighted by Crippen LogP contribution is -2.43. The second-order valence-electron chi connectivity index (χ2n) is 6.94. The molecule has 2 aliphatic rings. The van der Waals surface area contributed by atoms with Crippen molar-refractivity contribution < 1.29 is 19.1 Å². The first-order valence-corrected chi connectivity index (χ1v) is 9.16. The highest BCUT2D eigenvalue weighted by Gasteiger charge is 2.56. The second-order valence-corrected chi connectivity index (χ2v) is 6.94. The summed E-state index contributed by atoms with van der Waals surface area (Å²) in [6, 6.07) is 15.5. The van der Waals surface area contributed by atoms with Gasteiger partial charge in [-0.2, -0.15) is 0 Å². The molecule has 0 atom stereocenters. The third-order valence-corrected chi connectivity index (χ3v) is 5.05. The van der Waals surface area contributed by atoms with Gasteiger partial charge in [0.2, 0.25) is 18.6 Å². The van der Waals surface area contributed by atoms with E-state index >= 15 is 0 Å². The molecule has 0 bridgehead atoms. The van der Waals surface area contributed by atoms with Gasteiger partial charge in [0, 0.05) is 13.1 Å². The third-order valence-electron chi connectivity index (χ3n) is 5.05. The van der Waals surface area contributed by atoms with Crippen molar-refractivity contribution in [3.63, 3.8) is 0 Å². The maximum atomic E-state index is 12.6. The van der Waals surface area contributed by atoms with E-state index in [2.05, 4.69) is 10.6 Å². The fourth-order valence-corrected chi connectivity index (χ4v) is 3.22. The molecule has 140 valence electrons. The average molecular weight is 366 g/mol. The monoisotopic (exact) mass is 366 g/mol.